The SMILES string of the molecule is CC1(CNC(=O)c2csc(-c3ccccc3Cl)n2)CCCO1. The number of rotatable bonds is 4. The molecule has 1 atom stereocenters. The van der Waals surface area contributed by atoms with E-state index in [9.17, 15) is 4.79 Å². The molecule has 1 amide bonds. The molecule has 0 radical (unpaired) electrons. The second kappa shape index (κ2) is 6.36. The Balaban J connectivity index is 1.68. The van der Waals surface area contributed by atoms with E-state index in [2.05, 4.69) is 10.3 Å². The molecule has 1 N–H and O–H groups in total. The van der Waals surface area contributed by atoms with E-state index >= 15 is 0 Å². The second-order valence-electron chi connectivity index (χ2n) is 5.60. The zero-order valence-electron chi connectivity index (χ0n) is 12.3. The van der Waals surface area contributed by atoms with Gasteiger partial charge in [0.05, 0.1) is 10.6 Å². The minimum absolute atomic E-state index is 0.175. The van der Waals surface area contributed by atoms with E-state index < -0.39 is 0 Å². The molecule has 2 aromatic rings. The van der Waals surface area contributed by atoms with Crippen LogP contribution in [0.25, 0.3) is 10.6 Å². The number of hydrogen-bond acceptors (Lipinski definition) is 4. The summed E-state index contributed by atoms with van der Waals surface area (Å²) in [6.45, 7) is 3.29. The van der Waals surface area contributed by atoms with E-state index in [0.717, 1.165) is 30.0 Å². The van der Waals surface area contributed by atoms with E-state index in [-0.39, 0.29) is 11.5 Å². The van der Waals surface area contributed by atoms with Gasteiger partial charge in [0.1, 0.15) is 10.7 Å². The van der Waals surface area contributed by atoms with Crippen LogP contribution in [0, 0.1) is 0 Å². The number of carbonyl (C=O) groups is 1. The largest absolute Gasteiger partial charge is 0.373 e. The van der Waals surface area contributed by atoms with Crippen LogP contribution in [0.2, 0.25) is 5.02 Å². The number of nitrogens with one attached hydrogen (secondary N) is 1. The van der Waals surface area contributed by atoms with Crippen LogP contribution in [-0.4, -0.2) is 29.6 Å². The molecule has 1 fully saturated rings. The van der Waals surface area contributed by atoms with E-state index in [1.165, 1.54) is 11.3 Å². The first-order valence-electron chi connectivity index (χ1n) is 7.20. The van der Waals surface area contributed by atoms with Gasteiger partial charge in [0.2, 0.25) is 0 Å². The molecular formula is C16H17ClN2O2S. The Morgan fingerprint density at radius 2 is 2.32 bits per heavy atom. The summed E-state index contributed by atoms with van der Waals surface area (Å²) < 4.78 is 5.67. The molecule has 0 spiro atoms. The molecule has 1 aliphatic rings. The average molecular weight is 337 g/mol. The molecule has 2 heterocycles. The quantitative estimate of drug-likeness (QED) is 0.924. The highest BCUT2D eigenvalue weighted by Crippen LogP contribution is 2.30. The van der Waals surface area contributed by atoms with Crippen LogP contribution >= 0.6 is 22.9 Å². The van der Waals surface area contributed by atoms with E-state index in [1.807, 2.05) is 31.2 Å². The average Bonchev–Trinajstić information content (AvgIpc) is 3.15. The fourth-order valence-electron chi connectivity index (χ4n) is 2.47. The number of benzene rings is 1. The van der Waals surface area contributed by atoms with Gasteiger partial charge in [-0.25, -0.2) is 4.98 Å². The van der Waals surface area contributed by atoms with Crippen LogP contribution in [0.4, 0.5) is 0 Å². The third kappa shape index (κ3) is 3.32. The molecule has 1 aromatic carbocycles. The van der Waals surface area contributed by atoms with Crippen molar-refractivity contribution in [2.24, 2.45) is 0 Å². The molecule has 1 aromatic heterocycles. The van der Waals surface area contributed by atoms with Crippen molar-refractivity contribution >= 4 is 28.8 Å². The summed E-state index contributed by atoms with van der Waals surface area (Å²) in [5, 5.41) is 6.05. The lowest BCUT2D eigenvalue weighted by Crippen LogP contribution is -2.40. The summed E-state index contributed by atoms with van der Waals surface area (Å²) in [6.07, 6.45) is 2.01. The molecule has 1 unspecified atom stereocenters. The molecule has 0 aliphatic carbocycles. The maximum atomic E-state index is 12.2. The second-order valence-corrected chi connectivity index (χ2v) is 6.87. The molecule has 4 nitrogen and oxygen atoms in total. The Morgan fingerprint density at radius 3 is 3.05 bits per heavy atom. The number of ether oxygens (including phenoxy) is 1. The Bertz CT molecular complexity index is 680. The molecule has 0 bridgehead atoms. The topological polar surface area (TPSA) is 51.2 Å². The van der Waals surface area contributed by atoms with Crippen molar-refractivity contribution in [3.63, 3.8) is 0 Å². The molecule has 3 rings (SSSR count). The molecule has 0 saturated carbocycles. The molecule has 116 valence electrons. The van der Waals surface area contributed by atoms with Crippen LogP contribution in [0.3, 0.4) is 0 Å². The highest BCUT2D eigenvalue weighted by Gasteiger charge is 2.30. The van der Waals surface area contributed by atoms with Crippen molar-refractivity contribution in [3.8, 4) is 10.6 Å². The van der Waals surface area contributed by atoms with Crippen LogP contribution in [0.15, 0.2) is 29.6 Å². The van der Waals surface area contributed by atoms with Gasteiger partial charge >= 0.3 is 0 Å². The van der Waals surface area contributed by atoms with Gasteiger partial charge in [0.15, 0.2) is 0 Å². The molecule has 1 aliphatic heterocycles. The number of amides is 1. The highest BCUT2D eigenvalue weighted by molar-refractivity contribution is 7.13. The van der Waals surface area contributed by atoms with Gasteiger partial charge in [-0.3, -0.25) is 4.79 Å². The van der Waals surface area contributed by atoms with Crippen molar-refractivity contribution in [2.75, 3.05) is 13.2 Å². The fourth-order valence-corrected chi connectivity index (χ4v) is 3.59. The number of thiazole rings is 1. The van der Waals surface area contributed by atoms with Crippen LogP contribution < -0.4 is 5.32 Å². The van der Waals surface area contributed by atoms with Gasteiger partial charge in [-0.05, 0) is 25.8 Å². The number of carbonyl (C=O) groups excluding carboxylic acids is 1. The number of aromatic nitrogens is 1. The summed E-state index contributed by atoms with van der Waals surface area (Å²) in [7, 11) is 0. The predicted molar refractivity (Wildman–Crippen MR) is 88.5 cm³/mol. The standard InChI is InChI=1S/C16H17ClN2O2S/c1-16(7-4-8-21-16)10-18-14(20)13-9-22-15(19-13)11-5-2-3-6-12(11)17/h2-3,5-6,9H,4,7-8,10H2,1H3,(H,18,20). The normalized spacial score (nSPS) is 21.0. The Morgan fingerprint density at radius 1 is 1.50 bits per heavy atom. The molecule has 6 heteroatoms. The Labute approximate surface area is 138 Å². The van der Waals surface area contributed by atoms with Gasteiger partial charge in [-0.2, -0.15) is 0 Å². The maximum absolute atomic E-state index is 12.2. The summed E-state index contributed by atoms with van der Waals surface area (Å²) >= 11 is 7.58. The van der Waals surface area contributed by atoms with Crippen molar-refractivity contribution in [3.05, 3.63) is 40.4 Å². The van der Waals surface area contributed by atoms with Crippen molar-refractivity contribution in [1.82, 2.24) is 10.3 Å². The zero-order chi connectivity index (χ0) is 15.6. The van der Waals surface area contributed by atoms with Crippen LogP contribution in [0.1, 0.15) is 30.3 Å². The van der Waals surface area contributed by atoms with Crippen molar-refractivity contribution < 1.29 is 9.53 Å². The maximum Gasteiger partial charge on any atom is 0.270 e. The molecular weight excluding hydrogens is 320 g/mol. The monoisotopic (exact) mass is 336 g/mol. The smallest absolute Gasteiger partial charge is 0.270 e. The van der Waals surface area contributed by atoms with E-state index in [4.69, 9.17) is 16.3 Å². The summed E-state index contributed by atoms with van der Waals surface area (Å²) in [5.41, 5.74) is 1.01. The molecule has 1 saturated heterocycles. The first-order valence-corrected chi connectivity index (χ1v) is 8.46. The lowest BCUT2D eigenvalue weighted by atomic mass is 10.0. The minimum atomic E-state index is -0.253. The Hall–Kier alpha value is -1.43. The summed E-state index contributed by atoms with van der Waals surface area (Å²) in [6, 6.07) is 7.49. The lowest BCUT2D eigenvalue weighted by Gasteiger charge is -2.22. The van der Waals surface area contributed by atoms with Crippen molar-refractivity contribution in [1.29, 1.82) is 0 Å². The number of halogens is 1. The van der Waals surface area contributed by atoms with E-state index in [0.29, 0.717) is 17.3 Å². The van der Waals surface area contributed by atoms with Crippen LogP contribution in [0.5, 0.6) is 0 Å². The fraction of sp³-hybridized carbons (Fsp3) is 0.375. The third-order valence-corrected chi connectivity index (χ3v) is 4.97. The minimum Gasteiger partial charge on any atom is -0.373 e. The highest BCUT2D eigenvalue weighted by atomic mass is 35.5. The van der Waals surface area contributed by atoms with Gasteiger partial charge in [0.25, 0.3) is 5.91 Å². The zero-order valence-corrected chi connectivity index (χ0v) is 13.8. The predicted octanol–water partition coefficient (Wildman–Crippen LogP) is 3.76. The van der Waals surface area contributed by atoms with Crippen molar-refractivity contribution in [2.45, 2.75) is 25.4 Å². The Kier molecular flexibility index (Phi) is 4.47. The van der Waals surface area contributed by atoms with Gasteiger partial charge < -0.3 is 10.1 Å². The summed E-state index contributed by atoms with van der Waals surface area (Å²) in [4.78, 5) is 16.6. The lowest BCUT2D eigenvalue weighted by molar-refractivity contribution is 0.0205. The molecule has 22 heavy (non-hydrogen) atoms. The number of nitrogens with zero attached hydrogens (tertiary/aromatic N) is 1. The first-order chi connectivity index (χ1) is 10.6. The summed E-state index contributed by atoms with van der Waals surface area (Å²) in [5.74, 6) is -0.175. The van der Waals surface area contributed by atoms with Gasteiger partial charge in [0, 0.05) is 24.1 Å². The van der Waals surface area contributed by atoms with Gasteiger partial charge in [-0.1, -0.05) is 29.8 Å². The third-order valence-electron chi connectivity index (χ3n) is 3.76. The van der Waals surface area contributed by atoms with E-state index in [1.54, 1.807) is 5.38 Å². The van der Waals surface area contributed by atoms with Crippen LogP contribution in [-0.2, 0) is 4.74 Å². The number of hydrogen-bond donors (Lipinski definition) is 1. The first kappa shape index (κ1) is 15.5. The van der Waals surface area contributed by atoms with Gasteiger partial charge in [-0.15, -0.1) is 11.3 Å².